The van der Waals surface area contributed by atoms with Gasteiger partial charge in [0.2, 0.25) is 15.9 Å². The molecule has 2 amide bonds. The highest BCUT2D eigenvalue weighted by atomic mass is 32.2. The highest BCUT2D eigenvalue weighted by Gasteiger charge is 2.37. The zero-order valence-electron chi connectivity index (χ0n) is 20.9. The highest BCUT2D eigenvalue weighted by Crippen LogP contribution is 2.32. The lowest BCUT2D eigenvalue weighted by Crippen LogP contribution is -2.53. The van der Waals surface area contributed by atoms with Crippen LogP contribution >= 0.6 is 0 Å². The molecular weight excluding hydrogens is 466 g/mol. The number of hydrogen-bond acceptors (Lipinski definition) is 5. The SMILES string of the molecule is CC(C)S(=O)(=O)NC1CCN(C(=O)OC(C)(C)C)CC1c1ccc(-c2ccccc2C(N)=O)cc1. The summed E-state index contributed by atoms with van der Waals surface area (Å²) in [7, 11) is -3.51. The standard InChI is InChI=1S/C26H35N3O5S/c1-17(2)35(32,33)28-23-14-15-29(25(31)34-26(3,4)5)16-22(23)19-12-10-18(11-13-19)20-8-6-7-9-21(20)24(27)30/h6-13,17,22-23,28H,14-16H2,1-5H3,(H2,27,30). The van der Waals surface area contributed by atoms with Crippen molar-refractivity contribution < 1.29 is 22.7 Å². The van der Waals surface area contributed by atoms with Crippen molar-refractivity contribution >= 4 is 22.0 Å². The molecule has 2 atom stereocenters. The molecule has 3 N–H and O–H groups in total. The summed E-state index contributed by atoms with van der Waals surface area (Å²) in [5, 5.41) is -0.570. The summed E-state index contributed by atoms with van der Waals surface area (Å²) in [6, 6.07) is 14.3. The summed E-state index contributed by atoms with van der Waals surface area (Å²) in [4.78, 5) is 26.2. The van der Waals surface area contributed by atoms with E-state index in [4.69, 9.17) is 10.5 Å². The predicted molar refractivity (Wildman–Crippen MR) is 137 cm³/mol. The van der Waals surface area contributed by atoms with Crippen LogP contribution in [0, 0.1) is 0 Å². The van der Waals surface area contributed by atoms with Gasteiger partial charge in [-0.05, 0) is 63.8 Å². The van der Waals surface area contributed by atoms with Crippen molar-refractivity contribution in [3.05, 3.63) is 59.7 Å². The molecule has 0 saturated carbocycles. The monoisotopic (exact) mass is 501 g/mol. The third-order valence-corrected chi connectivity index (χ3v) is 7.92. The number of benzene rings is 2. The molecule has 9 heteroatoms. The van der Waals surface area contributed by atoms with Gasteiger partial charge in [-0.15, -0.1) is 0 Å². The molecule has 1 aliphatic rings. The molecule has 8 nitrogen and oxygen atoms in total. The quantitative estimate of drug-likeness (QED) is 0.623. The number of nitrogens with zero attached hydrogens (tertiary/aromatic N) is 1. The third kappa shape index (κ3) is 6.61. The van der Waals surface area contributed by atoms with Crippen LogP contribution in [0.4, 0.5) is 4.79 Å². The van der Waals surface area contributed by atoms with E-state index in [2.05, 4.69) is 4.72 Å². The first-order chi connectivity index (χ1) is 16.3. The number of likely N-dealkylation sites (tertiary alicyclic amines) is 1. The van der Waals surface area contributed by atoms with E-state index in [1.807, 2.05) is 57.2 Å². The number of carbonyl (C=O) groups excluding carboxylic acids is 2. The van der Waals surface area contributed by atoms with Crippen LogP contribution < -0.4 is 10.5 Å². The summed E-state index contributed by atoms with van der Waals surface area (Å²) in [6.07, 6.45) is 0.0435. The molecule has 2 aromatic carbocycles. The Bertz CT molecular complexity index is 1170. The van der Waals surface area contributed by atoms with Gasteiger partial charge >= 0.3 is 6.09 Å². The van der Waals surface area contributed by atoms with E-state index in [0.717, 1.165) is 16.7 Å². The van der Waals surface area contributed by atoms with Crippen molar-refractivity contribution in [2.24, 2.45) is 5.73 Å². The molecule has 1 saturated heterocycles. The molecular formula is C26H35N3O5S. The molecule has 2 aromatic rings. The van der Waals surface area contributed by atoms with E-state index in [0.29, 0.717) is 25.1 Å². The number of piperidine rings is 1. The zero-order chi connectivity index (χ0) is 26.0. The minimum atomic E-state index is -3.51. The molecule has 0 radical (unpaired) electrons. The summed E-state index contributed by atoms with van der Waals surface area (Å²) >= 11 is 0. The first kappa shape index (κ1) is 26.7. The van der Waals surface area contributed by atoms with Crippen LogP contribution in [0.2, 0.25) is 0 Å². The average Bonchev–Trinajstić information content (AvgIpc) is 2.78. The summed E-state index contributed by atoms with van der Waals surface area (Å²) in [5.41, 5.74) is 7.76. The fraction of sp³-hybridized carbons (Fsp3) is 0.462. The van der Waals surface area contributed by atoms with Gasteiger partial charge in [-0.2, -0.15) is 0 Å². The van der Waals surface area contributed by atoms with Crippen molar-refractivity contribution in [3.8, 4) is 11.1 Å². The Labute approximate surface area is 207 Å². The number of sulfonamides is 1. The topological polar surface area (TPSA) is 119 Å². The molecule has 0 aliphatic carbocycles. The Hall–Kier alpha value is -2.91. The van der Waals surface area contributed by atoms with Gasteiger partial charge in [0.1, 0.15) is 5.60 Å². The van der Waals surface area contributed by atoms with Crippen LogP contribution in [-0.2, 0) is 14.8 Å². The van der Waals surface area contributed by atoms with Crippen LogP contribution in [-0.4, -0.2) is 55.3 Å². The first-order valence-electron chi connectivity index (χ1n) is 11.8. The van der Waals surface area contributed by atoms with Gasteiger partial charge in [-0.25, -0.2) is 17.9 Å². The Balaban J connectivity index is 1.92. The fourth-order valence-electron chi connectivity index (χ4n) is 4.13. The van der Waals surface area contributed by atoms with Gasteiger partial charge in [-0.3, -0.25) is 4.79 Å². The minimum absolute atomic E-state index is 0.273. The fourth-order valence-corrected chi connectivity index (χ4v) is 5.11. The normalized spacial score (nSPS) is 19.0. The number of nitrogens with one attached hydrogen (secondary N) is 1. The van der Waals surface area contributed by atoms with Crippen LogP contribution in [0.5, 0.6) is 0 Å². The second-order valence-corrected chi connectivity index (χ2v) is 12.4. The number of rotatable bonds is 6. The second kappa shape index (κ2) is 10.4. The molecule has 190 valence electrons. The van der Waals surface area contributed by atoms with Crippen LogP contribution in [0.15, 0.2) is 48.5 Å². The van der Waals surface area contributed by atoms with Crippen LogP contribution in [0.1, 0.15) is 62.9 Å². The Morgan fingerprint density at radius 3 is 2.29 bits per heavy atom. The second-order valence-electron chi connectivity index (χ2n) is 10.2. The molecule has 3 rings (SSSR count). The lowest BCUT2D eigenvalue weighted by Gasteiger charge is -2.39. The summed E-state index contributed by atoms with van der Waals surface area (Å²) < 4.78 is 33.7. The zero-order valence-corrected chi connectivity index (χ0v) is 21.8. The Morgan fingerprint density at radius 2 is 1.71 bits per heavy atom. The molecule has 35 heavy (non-hydrogen) atoms. The van der Waals surface area contributed by atoms with Gasteiger partial charge in [0, 0.05) is 30.6 Å². The number of primary amides is 1. The summed E-state index contributed by atoms with van der Waals surface area (Å²) in [5.74, 6) is -0.779. The van der Waals surface area contributed by atoms with Crippen molar-refractivity contribution in [1.82, 2.24) is 9.62 Å². The molecule has 1 aliphatic heterocycles. The van der Waals surface area contributed by atoms with Gasteiger partial charge in [0.15, 0.2) is 0 Å². The molecule has 1 fully saturated rings. The molecule has 2 unspecified atom stereocenters. The van der Waals surface area contributed by atoms with Gasteiger partial charge in [0.25, 0.3) is 0 Å². The third-order valence-electron chi connectivity index (χ3n) is 6.04. The van der Waals surface area contributed by atoms with Gasteiger partial charge in [-0.1, -0.05) is 42.5 Å². The molecule has 1 heterocycles. The van der Waals surface area contributed by atoms with E-state index in [9.17, 15) is 18.0 Å². The summed E-state index contributed by atoms with van der Waals surface area (Å²) in [6.45, 7) is 9.42. The lowest BCUT2D eigenvalue weighted by molar-refractivity contribution is 0.0182. The number of amides is 2. The van der Waals surface area contributed by atoms with Gasteiger partial charge in [0.05, 0.1) is 5.25 Å². The van der Waals surface area contributed by atoms with Crippen LogP contribution in [0.3, 0.4) is 0 Å². The van der Waals surface area contributed by atoms with E-state index in [-0.39, 0.29) is 12.0 Å². The molecule has 0 aromatic heterocycles. The van der Waals surface area contributed by atoms with Crippen molar-refractivity contribution in [1.29, 1.82) is 0 Å². The minimum Gasteiger partial charge on any atom is -0.444 e. The largest absolute Gasteiger partial charge is 0.444 e. The lowest BCUT2D eigenvalue weighted by atomic mass is 9.85. The maximum Gasteiger partial charge on any atom is 0.410 e. The molecule has 0 bridgehead atoms. The van der Waals surface area contributed by atoms with E-state index < -0.39 is 32.9 Å². The maximum atomic E-state index is 12.8. The highest BCUT2D eigenvalue weighted by molar-refractivity contribution is 7.90. The van der Waals surface area contributed by atoms with E-state index in [1.165, 1.54) is 0 Å². The van der Waals surface area contributed by atoms with Crippen molar-refractivity contribution in [3.63, 3.8) is 0 Å². The number of hydrogen-bond donors (Lipinski definition) is 2. The van der Waals surface area contributed by atoms with Crippen LogP contribution in [0.25, 0.3) is 11.1 Å². The first-order valence-corrected chi connectivity index (χ1v) is 13.3. The number of nitrogens with two attached hydrogens (primary N) is 1. The smallest absolute Gasteiger partial charge is 0.410 e. The maximum absolute atomic E-state index is 12.8. The van der Waals surface area contributed by atoms with Crippen molar-refractivity contribution in [2.45, 2.75) is 63.9 Å². The predicted octanol–water partition coefficient (Wildman–Crippen LogP) is 3.87. The Morgan fingerprint density at radius 1 is 1.09 bits per heavy atom. The Kier molecular flexibility index (Phi) is 7.91. The average molecular weight is 502 g/mol. The van der Waals surface area contributed by atoms with E-state index >= 15 is 0 Å². The van der Waals surface area contributed by atoms with Crippen molar-refractivity contribution in [2.75, 3.05) is 13.1 Å². The number of carbonyl (C=O) groups is 2. The van der Waals surface area contributed by atoms with E-state index in [1.54, 1.807) is 30.9 Å². The molecule has 0 spiro atoms. The number of ether oxygens (including phenoxy) is 1. The van der Waals surface area contributed by atoms with Gasteiger partial charge < -0.3 is 15.4 Å².